The van der Waals surface area contributed by atoms with Crippen LogP contribution >= 0.6 is 11.3 Å². The summed E-state index contributed by atoms with van der Waals surface area (Å²) in [5, 5.41) is 10.8. The predicted octanol–water partition coefficient (Wildman–Crippen LogP) is 3.05. The first-order valence-electron chi connectivity index (χ1n) is 6.04. The monoisotopic (exact) mass is 248 g/mol. The number of amides is 1. The molecular weight excluding hydrogens is 232 g/mol. The van der Waals surface area contributed by atoms with Gasteiger partial charge in [0, 0.05) is 6.04 Å². The highest BCUT2D eigenvalue weighted by Gasteiger charge is 2.26. The fourth-order valence-corrected chi connectivity index (χ4v) is 3.06. The first-order valence-corrected chi connectivity index (χ1v) is 6.92. The van der Waals surface area contributed by atoms with Crippen molar-refractivity contribution < 1.29 is 4.79 Å². The zero-order chi connectivity index (χ0) is 12.1. The molecule has 1 saturated carbocycles. The van der Waals surface area contributed by atoms with E-state index in [9.17, 15) is 4.79 Å². The van der Waals surface area contributed by atoms with Crippen LogP contribution in [0.25, 0.3) is 0 Å². The molecule has 0 aliphatic heterocycles. The van der Waals surface area contributed by atoms with Crippen molar-refractivity contribution in [1.82, 2.24) is 4.90 Å². The van der Waals surface area contributed by atoms with Gasteiger partial charge in [-0.2, -0.15) is 5.26 Å². The Morgan fingerprint density at radius 3 is 2.82 bits per heavy atom. The zero-order valence-corrected chi connectivity index (χ0v) is 10.6. The molecule has 90 valence electrons. The van der Waals surface area contributed by atoms with Crippen LogP contribution < -0.4 is 0 Å². The topological polar surface area (TPSA) is 44.1 Å². The Hall–Kier alpha value is -1.34. The van der Waals surface area contributed by atoms with E-state index in [0.717, 1.165) is 17.7 Å². The predicted molar refractivity (Wildman–Crippen MR) is 67.8 cm³/mol. The lowest BCUT2D eigenvalue weighted by atomic mass is 9.94. The summed E-state index contributed by atoms with van der Waals surface area (Å²) < 4.78 is 0. The smallest absolute Gasteiger partial charge is 0.265 e. The number of nitriles is 1. The molecule has 0 radical (unpaired) electrons. The van der Waals surface area contributed by atoms with Gasteiger partial charge in [0.15, 0.2) is 0 Å². The van der Waals surface area contributed by atoms with E-state index in [2.05, 4.69) is 6.07 Å². The van der Waals surface area contributed by atoms with Gasteiger partial charge in [0.25, 0.3) is 5.91 Å². The fourth-order valence-electron chi connectivity index (χ4n) is 2.38. The standard InChI is InChI=1S/C13H16N2OS/c14-8-9-15(11-5-2-1-3-6-11)13(16)12-7-4-10-17-12/h4,7,10-11H,1-3,5-6,9H2. The molecule has 2 rings (SSSR count). The van der Waals surface area contributed by atoms with Gasteiger partial charge in [0.2, 0.25) is 0 Å². The summed E-state index contributed by atoms with van der Waals surface area (Å²) in [6.45, 7) is 0.210. The van der Waals surface area contributed by atoms with Crippen molar-refractivity contribution >= 4 is 17.2 Å². The van der Waals surface area contributed by atoms with Crippen molar-refractivity contribution in [3.05, 3.63) is 22.4 Å². The molecule has 1 fully saturated rings. The molecular formula is C13H16N2OS. The molecule has 4 heteroatoms. The molecule has 0 saturated heterocycles. The normalized spacial score (nSPS) is 16.4. The average molecular weight is 248 g/mol. The summed E-state index contributed by atoms with van der Waals surface area (Å²) in [7, 11) is 0. The third kappa shape index (κ3) is 2.86. The summed E-state index contributed by atoms with van der Waals surface area (Å²) in [6.07, 6.45) is 5.68. The molecule has 1 aliphatic carbocycles. The number of carbonyl (C=O) groups is 1. The van der Waals surface area contributed by atoms with Gasteiger partial charge >= 0.3 is 0 Å². The van der Waals surface area contributed by atoms with Crippen LogP contribution in [0.4, 0.5) is 0 Å². The average Bonchev–Trinajstić information content (AvgIpc) is 2.90. The Morgan fingerprint density at radius 2 is 2.24 bits per heavy atom. The summed E-state index contributed by atoms with van der Waals surface area (Å²) in [6, 6.07) is 6.09. The third-order valence-electron chi connectivity index (χ3n) is 3.25. The minimum atomic E-state index is 0.0217. The highest BCUT2D eigenvalue weighted by Crippen LogP contribution is 2.24. The molecule has 1 aromatic rings. The maximum Gasteiger partial charge on any atom is 0.265 e. The van der Waals surface area contributed by atoms with Gasteiger partial charge in [0.1, 0.15) is 6.54 Å². The van der Waals surface area contributed by atoms with Crippen LogP contribution in [-0.2, 0) is 0 Å². The quantitative estimate of drug-likeness (QED) is 0.772. The van der Waals surface area contributed by atoms with Crippen LogP contribution in [0.3, 0.4) is 0 Å². The Labute approximate surface area is 106 Å². The van der Waals surface area contributed by atoms with Gasteiger partial charge < -0.3 is 4.90 Å². The third-order valence-corrected chi connectivity index (χ3v) is 4.11. The first kappa shape index (κ1) is 12.1. The van der Waals surface area contributed by atoms with E-state index in [1.807, 2.05) is 17.5 Å². The molecule has 1 aliphatic rings. The highest BCUT2D eigenvalue weighted by molar-refractivity contribution is 7.12. The number of hydrogen-bond donors (Lipinski definition) is 0. The van der Waals surface area contributed by atoms with Gasteiger partial charge in [-0.05, 0) is 24.3 Å². The van der Waals surface area contributed by atoms with E-state index >= 15 is 0 Å². The SMILES string of the molecule is N#CCN(C(=O)c1cccs1)C1CCCCC1. The first-order chi connectivity index (χ1) is 8.33. The lowest BCUT2D eigenvalue weighted by Gasteiger charge is -2.32. The van der Waals surface area contributed by atoms with Crippen molar-refractivity contribution in [2.24, 2.45) is 0 Å². The molecule has 3 nitrogen and oxygen atoms in total. The number of rotatable bonds is 3. The number of carbonyl (C=O) groups excluding carboxylic acids is 1. The van der Waals surface area contributed by atoms with Gasteiger partial charge in [-0.25, -0.2) is 0 Å². The second-order valence-electron chi connectivity index (χ2n) is 4.36. The van der Waals surface area contributed by atoms with Crippen molar-refractivity contribution in [1.29, 1.82) is 5.26 Å². The van der Waals surface area contributed by atoms with Crippen LogP contribution in [0.1, 0.15) is 41.8 Å². The number of nitrogens with zero attached hydrogens (tertiary/aromatic N) is 2. The Balaban J connectivity index is 2.11. The molecule has 17 heavy (non-hydrogen) atoms. The minimum Gasteiger partial charge on any atom is -0.322 e. The van der Waals surface area contributed by atoms with Gasteiger partial charge in [-0.15, -0.1) is 11.3 Å². The lowest BCUT2D eigenvalue weighted by molar-refractivity contribution is 0.0671. The summed E-state index contributed by atoms with van der Waals surface area (Å²) >= 11 is 1.45. The van der Waals surface area contributed by atoms with Gasteiger partial charge in [-0.3, -0.25) is 4.79 Å². The van der Waals surface area contributed by atoms with E-state index in [0.29, 0.717) is 0 Å². The fraction of sp³-hybridized carbons (Fsp3) is 0.538. The van der Waals surface area contributed by atoms with Crippen molar-refractivity contribution in [2.45, 2.75) is 38.1 Å². The van der Waals surface area contributed by atoms with E-state index in [4.69, 9.17) is 5.26 Å². The molecule has 0 spiro atoms. The second kappa shape index (κ2) is 5.83. The molecule has 1 heterocycles. The van der Waals surface area contributed by atoms with Crippen molar-refractivity contribution in [3.8, 4) is 6.07 Å². The zero-order valence-electron chi connectivity index (χ0n) is 9.76. The van der Waals surface area contributed by atoms with Gasteiger partial charge in [0.05, 0.1) is 10.9 Å². The number of hydrogen-bond acceptors (Lipinski definition) is 3. The highest BCUT2D eigenvalue weighted by atomic mass is 32.1. The minimum absolute atomic E-state index is 0.0217. The van der Waals surface area contributed by atoms with Gasteiger partial charge in [-0.1, -0.05) is 25.3 Å². The van der Waals surface area contributed by atoms with Crippen molar-refractivity contribution in [3.63, 3.8) is 0 Å². The van der Waals surface area contributed by atoms with E-state index in [1.54, 1.807) is 4.90 Å². The Kier molecular flexibility index (Phi) is 4.16. The largest absolute Gasteiger partial charge is 0.322 e. The molecule has 1 amide bonds. The van der Waals surface area contributed by atoms with Crippen molar-refractivity contribution in [2.75, 3.05) is 6.54 Å². The Morgan fingerprint density at radius 1 is 1.47 bits per heavy atom. The Bertz CT molecular complexity index is 402. The van der Waals surface area contributed by atoms with Crippen LogP contribution in [0.15, 0.2) is 17.5 Å². The molecule has 0 N–H and O–H groups in total. The summed E-state index contributed by atoms with van der Waals surface area (Å²) in [5.74, 6) is 0.0217. The molecule has 0 unspecified atom stereocenters. The van der Waals surface area contributed by atoms with E-state index < -0.39 is 0 Å². The summed E-state index contributed by atoms with van der Waals surface area (Å²) in [5.41, 5.74) is 0. The molecule has 0 bridgehead atoms. The van der Waals surface area contributed by atoms with Crippen LogP contribution in [0.5, 0.6) is 0 Å². The maximum atomic E-state index is 12.3. The van der Waals surface area contributed by atoms with Crippen LogP contribution in [0.2, 0.25) is 0 Å². The molecule has 0 aromatic carbocycles. The van der Waals surface area contributed by atoms with E-state index in [1.165, 1.54) is 30.6 Å². The second-order valence-corrected chi connectivity index (χ2v) is 5.31. The van der Waals surface area contributed by atoms with Crippen LogP contribution in [-0.4, -0.2) is 23.4 Å². The summed E-state index contributed by atoms with van der Waals surface area (Å²) in [4.78, 5) is 14.8. The molecule has 0 atom stereocenters. The number of thiophene rings is 1. The van der Waals surface area contributed by atoms with Crippen LogP contribution in [0, 0.1) is 11.3 Å². The molecule has 1 aromatic heterocycles. The van der Waals surface area contributed by atoms with E-state index in [-0.39, 0.29) is 18.5 Å². The lowest BCUT2D eigenvalue weighted by Crippen LogP contribution is -2.41. The maximum absolute atomic E-state index is 12.3.